The molecule has 1 heterocycles. The normalized spacial score (nSPS) is 15.0. The quantitative estimate of drug-likeness (QED) is 0.725. The standard InChI is InChI=1S/C22H25Cl2N3O3/c1-22(2,30-17-9-7-16(23)8-10-17)21(29)27-13-11-26(12-14-27)15-20(28)25-19-6-4-3-5-18(19)24/h3-10H,11-15H2,1-2H3,(H,25,28). The number of carbonyl (C=O) groups excluding carboxylic acids is 2. The molecule has 0 saturated carbocycles. The van der Waals surface area contributed by atoms with Gasteiger partial charge in [0.15, 0.2) is 5.60 Å². The van der Waals surface area contributed by atoms with Gasteiger partial charge in [-0.05, 0) is 50.2 Å². The molecular weight excluding hydrogens is 425 g/mol. The topological polar surface area (TPSA) is 61.9 Å². The van der Waals surface area contributed by atoms with E-state index in [1.807, 2.05) is 17.0 Å². The number of rotatable bonds is 6. The lowest BCUT2D eigenvalue weighted by molar-refractivity contribution is -0.147. The van der Waals surface area contributed by atoms with E-state index >= 15 is 0 Å². The van der Waals surface area contributed by atoms with E-state index in [0.717, 1.165) is 0 Å². The number of benzene rings is 2. The second-order valence-corrected chi connectivity index (χ2v) is 8.51. The van der Waals surface area contributed by atoms with Crippen LogP contribution in [-0.4, -0.2) is 59.9 Å². The van der Waals surface area contributed by atoms with Crippen LogP contribution in [-0.2, 0) is 9.59 Å². The van der Waals surface area contributed by atoms with Crippen LogP contribution < -0.4 is 10.1 Å². The summed E-state index contributed by atoms with van der Waals surface area (Å²) in [5, 5.41) is 3.94. The van der Waals surface area contributed by atoms with Crippen molar-refractivity contribution >= 4 is 40.7 Å². The fraction of sp³-hybridized carbons (Fsp3) is 0.364. The van der Waals surface area contributed by atoms with Gasteiger partial charge < -0.3 is 15.0 Å². The van der Waals surface area contributed by atoms with Gasteiger partial charge in [-0.2, -0.15) is 0 Å². The second-order valence-electron chi connectivity index (χ2n) is 7.66. The zero-order valence-electron chi connectivity index (χ0n) is 17.0. The van der Waals surface area contributed by atoms with Crippen LogP contribution in [0.4, 0.5) is 5.69 Å². The average molecular weight is 450 g/mol. The van der Waals surface area contributed by atoms with Crippen LogP contribution >= 0.6 is 23.2 Å². The molecule has 30 heavy (non-hydrogen) atoms. The molecule has 0 radical (unpaired) electrons. The first-order chi connectivity index (χ1) is 14.2. The fourth-order valence-electron chi connectivity index (χ4n) is 3.29. The van der Waals surface area contributed by atoms with E-state index < -0.39 is 5.60 Å². The number of hydrogen-bond acceptors (Lipinski definition) is 4. The number of ether oxygens (including phenoxy) is 1. The molecule has 0 aromatic heterocycles. The number of piperazine rings is 1. The Kier molecular flexibility index (Phi) is 7.23. The third-order valence-electron chi connectivity index (χ3n) is 4.88. The van der Waals surface area contributed by atoms with E-state index in [4.69, 9.17) is 27.9 Å². The Balaban J connectivity index is 1.49. The Labute approximate surface area is 186 Å². The van der Waals surface area contributed by atoms with Crippen LogP contribution in [0.3, 0.4) is 0 Å². The molecule has 2 aromatic carbocycles. The van der Waals surface area contributed by atoms with E-state index in [1.54, 1.807) is 55.1 Å². The summed E-state index contributed by atoms with van der Waals surface area (Å²) >= 11 is 12.0. The van der Waals surface area contributed by atoms with Gasteiger partial charge in [0, 0.05) is 31.2 Å². The summed E-state index contributed by atoms with van der Waals surface area (Å²) in [7, 11) is 0. The zero-order chi connectivity index (χ0) is 21.7. The van der Waals surface area contributed by atoms with Crippen molar-refractivity contribution in [1.82, 2.24) is 9.80 Å². The number of hydrogen-bond donors (Lipinski definition) is 1. The highest BCUT2D eigenvalue weighted by Gasteiger charge is 2.35. The van der Waals surface area contributed by atoms with Gasteiger partial charge in [-0.1, -0.05) is 35.3 Å². The summed E-state index contributed by atoms with van der Waals surface area (Å²) in [6.07, 6.45) is 0. The van der Waals surface area contributed by atoms with E-state index in [1.165, 1.54) is 0 Å². The predicted octanol–water partition coefficient (Wildman–Crippen LogP) is 3.93. The van der Waals surface area contributed by atoms with Crippen molar-refractivity contribution in [3.63, 3.8) is 0 Å². The van der Waals surface area contributed by atoms with Crippen molar-refractivity contribution in [2.75, 3.05) is 38.0 Å². The first kappa shape index (κ1) is 22.4. The number of nitrogens with zero attached hydrogens (tertiary/aromatic N) is 2. The molecule has 0 atom stereocenters. The van der Waals surface area contributed by atoms with Crippen LogP contribution in [0, 0.1) is 0 Å². The van der Waals surface area contributed by atoms with Gasteiger partial charge in [0.05, 0.1) is 17.3 Å². The highest BCUT2D eigenvalue weighted by Crippen LogP contribution is 2.23. The van der Waals surface area contributed by atoms with Crippen molar-refractivity contribution in [2.24, 2.45) is 0 Å². The number of carbonyl (C=O) groups is 2. The van der Waals surface area contributed by atoms with E-state index in [0.29, 0.717) is 47.7 Å². The lowest BCUT2D eigenvalue weighted by atomic mass is 10.1. The van der Waals surface area contributed by atoms with Crippen LogP contribution in [0.25, 0.3) is 0 Å². The second kappa shape index (κ2) is 9.69. The molecule has 6 nitrogen and oxygen atoms in total. The summed E-state index contributed by atoms with van der Waals surface area (Å²) in [6, 6.07) is 14.1. The molecule has 2 aromatic rings. The van der Waals surface area contributed by atoms with Gasteiger partial charge in [-0.15, -0.1) is 0 Å². The van der Waals surface area contributed by atoms with Crippen molar-refractivity contribution in [2.45, 2.75) is 19.4 Å². The van der Waals surface area contributed by atoms with Gasteiger partial charge >= 0.3 is 0 Å². The maximum Gasteiger partial charge on any atom is 0.266 e. The fourth-order valence-corrected chi connectivity index (χ4v) is 3.60. The zero-order valence-corrected chi connectivity index (χ0v) is 18.5. The third kappa shape index (κ3) is 5.88. The van der Waals surface area contributed by atoms with Gasteiger partial charge in [0.1, 0.15) is 5.75 Å². The van der Waals surface area contributed by atoms with Crippen molar-refractivity contribution in [3.05, 3.63) is 58.6 Å². The van der Waals surface area contributed by atoms with Crippen LogP contribution in [0.15, 0.2) is 48.5 Å². The number of anilines is 1. The molecule has 0 spiro atoms. The average Bonchev–Trinajstić information content (AvgIpc) is 2.71. The smallest absolute Gasteiger partial charge is 0.266 e. The molecule has 160 valence electrons. The summed E-state index contributed by atoms with van der Waals surface area (Å²) < 4.78 is 5.90. The van der Waals surface area contributed by atoms with Gasteiger partial charge in [0.25, 0.3) is 5.91 Å². The number of amides is 2. The first-order valence-corrected chi connectivity index (χ1v) is 10.5. The third-order valence-corrected chi connectivity index (χ3v) is 5.46. The molecular formula is C22H25Cl2N3O3. The van der Waals surface area contributed by atoms with Crippen LogP contribution in [0.2, 0.25) is 10.0 Å². The lowest BCUT2D eigenvalue weighted by Gasteiger charge is -2.38. The molecule has 8 heteroatoms. The first-order valence-electron chi connectivity index (χ1n) is 9.75. The van der Waals surface area contributed by atoms with Crippen molar-refractivity contribution < 1.29 is 14.3 Å². The minimum Gasteiger partial charge on any atom is -0.478 e. The van der Waals surface area contributed by atoms with E-state index in [-0.39, 0.29) is 18.4 Å². The molecule has 2 amide bonds. The number of para-hydroxylation sites is 1. The molecule has 3 rings (SSSR count). The SMILES string of the molecule is CC(C)(Oc1ccc(Cl)cc1)C(=O)N1CCN(CC(=O)Nc2ccccc2Cl)CC1. The predicted molar refractivity (Wildman–Crippen MR) is 119 cm³/mol. The van der Waals surface area contributed by atoms with Gasteiger partial charge in [-0.25, -0.2) is 0 Å². The minimum atomic E-state index is -1.00. The van der Waals surface area contributed by atoms with Crippen LogP contribution in [0.1, 0.15) is 13.8 Å². The highest BCUT2D eigenvalue weighted by molar-refractivity contribution is 6.33. The van der Waals surface area contributed by atoms with E-state index in [2.05, 4.69) is 5.32 Å². The summed E-state index contributed by atoms with van der Waals surface area (Å²) in [4.78, 5) is 29.1. The molecule has 1 aliphatic heterocycles. The molecule has 1 saturated heterocycles. The van der Waals surface area contributed by atoms with Gasteiger partial charge in [0.2, 0.25) is 5.91 Å². The number of halogens is 2. The monoisotopic (exact) mass is 449 g/mol. The molecule has 0 bridgehead atoms. The molecule has 0 unspecified atom stereocenters. The van der Waals surface area contributed by atoms with Crippen molar-refractivity contribution in [1.29, 1.82) is 0 Å². The van der Waals surface area contributed by atoms with Gasteiger partial charge in [-0.3, -0.25) is 14.5 Å². The summed E-state index contributed by atoms with van der Waals surface area (Å²) in [6.45, 7) is 6.05. The highest BCUT2D eigenvalue weighted by atomic mass is 35.5. The largest absolute Gasteiger partial charge is 0.478 e. The maximum atomic E-state index is 13.0. The molecule has 1 N–H and O–H groups in total. The molecule has 1 aliphatic rings. The Bertz CT molecular complexity index is 895. The van der Waals surface area contributed by atoms with Crippen LogP contribution in [0.5, 0.6) is 5.75 Å². The lowest BCUT2D eigenvalue weighted by Crippen LogP contribution is -2.56. The Morgan fingerprint density at radius 1 is 1.00 bits per heavy atom. The van der Waals surface area contributed by atoms with Crippen molar-refractivity contribution in [3.8, 4) is 5.75 Å². The molecule has 0 aliphatic carbocycles. The Morgan fingerprint density at radius 2 is 1.63 bits per heavy atom. The maximum absolute atomic E-state index is 13.0. The number of nitrogens with one attached hydrogen (secondary N) is 1. The Hall–Kier alpha value is -2.28. The summed E-state index contributed by atoms with van der Waals surface area (Å²) in [5.74, 6) is 0.375. The Morgan fingerprint density at radius 3 is 2.27 bits per heavy atom. The summed E-state index contributed by atoms with van der Waals surface area (Å²) in [5.41, 5.74) is -0.406. The minimum absolute atomic E-state index is 0.0855. The molecule has 1 fully saturated rings. The van der Waals surface area contributed by atoms with E-state index in [9.17, 15) is 9.59 Å².